The summed E-state index contributed by atoms with van der Waals surface area (Å²) in [4.78, 5) is 21.0. The number of piperidine rings is 1. The van der Waals surface area contributed by atoms with Crippen molar-refractivity contribution in [1.29, 1.82) is 0 Å². The molecular weight excluding hydrogens is 406 g/mol. The maximum Gasteiger partial charge on any atom is 0.193 e. The number of piperazine rings is 1. The molecule has 8 heteroatoms. The Kier molecular flexibility index (Phi) is 7.75. The lowest BCUT2D eigenvalue weighted by atomic mass is 9.97. The second-order valence-corrected chi connectivity index (χ2v) is 9.34. The van der Waals surface area contributed by atoms with Gasteiger partial charge in [-0.3, -0.25) is 9.89 Å². The van der Waals surface area contributed by atoms with Gasteiger partial charge < -0.3 is 15.1 Å². The summed E-state index contributed by atoms with van der Waals surface area (Å²) >= 11 is 1.79. The molecule has 2 aliphatic heterocycles. The van der Waals surface area contributed by atoms with Crippen LogP contribution in [0.5, 0.6) is 0 Å². The zero-order chi connectivity index (χ0) is 21.5. The SMILES string of the molecule is CCc1nc(CN2CCC(CNC(=NC)N3CCN(c4ccccn4)CC3)CC2)cs1. The molecule has 2 saturated heterocycles. The minimum atomic E-state index is 0.712. The molecule has 2 aromatic heterocycles. The average Bonchev–Trinajstić information content (AvgIpc) is 3.29. The van der Waals surface area contributed by atoms with Crippen LogP contribution >= 0.6 is 11.3 Å². The van der Waals surface area contributed by atoms with E-state index in [1.807, 2.05) is 19.3 Å². The number of aliphatic imine (C=N–C) groups is 1. The lowest BCUT2D eigenvalue weighted by Gasteiger charge is -2.38. The minimum absolute atomic E-state index is 0.712. The Hall–Kier alpha value is -2.19. The Morgan fingerprint density at radius 1 is 1.16 bits per heavy atom. The second-order valence-electron chi connectivity index (χ2n) is 8.40. The predicted octanol–water partition coefficient (Wildman–Crippen LogP) is 2.71. The van der Waals surface area contributed by atoms with E-state index in [1.165, 1.54) is 23.5 Å². The standard InChI is InChI=1S/C23H35N7S/c1-3-22-27-20(18-31-22)17-28-10-7-19(8-11-28)16-26-23(24-2)30-14-12-29(13-15-30)21-6-4-5-9-25-21/h4-6,9,18-19H,3,7-8,10-17H2,1-2H3,(H,24,26). The van der Waals surface area contributed by atoms with Crippen LogP contribution in [-0.2, 0) is 13.0 Å². The van der Waals surface area contributed by atoms with Gasteiger partial charge in [0.1, 0.15) is 5.82 Å². The molecule has 0 aliphatic carbocycles. The molecule has 0 aromatic carbocycles. The molecule has 168 valence electrons. The topological polar surface area (TPSA) is 59.9 Å². The highest BCUT2D eigenvalue weighted by Crippen LogP contribution is 2.20. The van der Waals surface area contributed by atoms with Crippen molar-refractivity contribution in [2.24, 2.45) is 10.9 Å². The van der Waals surface area contributed by atoms with Gasteiger partial charge in [-0.2, -0.15) is 0 Å². The van der Waals surface area contributed by atoms with Gasteiger partial charge in [0.15, 0.2) is 5.96 Å². The molecule has 0 radical (unpaired) electrons. The van der Waals surface area contributed by atoms with Crippen molar-refractivity contribution in [2.75, 3.05) is 57.8 Å². The van der Waals surface area contributed by atoms with Gasteiger partial charge in [-0.1, -0.05) is 13.0 Å². The zero-order valence-corrected chi connectivity index (χ0v) is 19.7. The number of thiazole rings is 1. The van der Waals surface area contributed by atoms with Crippen LogP contribution in [0.2, 0.25) is 0 Å². The molecule has 2 aliphatic rings. The van der Waals surface area contributed by atoms with Gasteiger partial charge >= 0.3 is 0 Å². The van der Waals surface area contributed by atoms with Crippen molar-refractivity contribution in [1.82, 2.24) is 25.1 Å². The highest BCUT2D eigenvalue weighted by molar-refractivity contribution is 7.09. The summed E-state index contributed by atoms with van der Waals surface area (Å²) < 4.78 is 0. The minimum Gasteiger partial charge on any atom is -0.356 e. The van der Waals surface area contributed by atoms with Crippen molar-refractivity contribution in [3.63, 3.8) is 0 Å². The molecule has 4 heterocycles. The largest absolute Gasteiger partial charge is 0.356 e. The number of aromatic nitrogens is 2. The third-order valence-corrected chi connectivity index (χ3v) is 7.35. The summed E-state index contributed by atoms with van der Waals surface area (Å²) in [5, 5.41) is 7.13. The number of aryl methyl sites for hydroxylation is 1. The molecule has 0 saturated carbocycles. The molecule has 7 nitrogen and oxygen atoms in total. The zero-order valence-electron chi connectivity index (χ0n) is 18.8. The monoisotopic (exact) mass is 441 g/mol. The average molecular weight is 442 g/mol. The number of likely N-dealkylation sites (tertiary alicyclic amines) is 1. The molecule has 31 heavy (non-hydrogen) atoms. The van der Waals surface area contributed by atoms with E-state index in [4.69, 9.17) is 4.98 Å². The van der Waals surface area contributed by atoms with Gasteiger partial charge in [-0.05, 0) is 50.4 Å². The fourth-order valence-electron chi connectivity index (χ4n) is 4.42. The van der Waals surface area contributed by atoms with E-state index in [2.05, 4.69) is 54.4 Å². The lowest BCUT2D eigenvalue weighted by molar-refractivity contribution is 0.176. The van der Waals surface area contributed by atoms with Gasteiger partial charge in [0, 0.05) is 57.9 Å². The number of anilines is 1. The van der Waals surface area contributed by atoms with Crippen molar-refractivity contribution < 1.29 is 0 Å². The number of hydrogen-bond donors (Lipinski definition) is 1. The summed E-state index contributed by atoms with van der Waals surface area (Å²) in [6, 6.07) is 6.11. The van der Waals surface area contributed by atoms with Crippen LogP contribution in [0.4, 0.5) is 5.82 Å². The van der Waals surface area contributed by atoms with Crippen LogP contribution in [0.25, 0.3) is 0 Å². The molecule has 0 atom stereocenters. The maximum atomic E-state index is 4.72. The lowest BCUT2D eigenvalue weighted by Crippen LogP contribution is -2.53. The summed E-state index contributed by atoms with van der Waals surface area (Å²) in [6.07, 6.45) is 5.38. The van der Waals surface area contributed by atoms with Crippen LogP contribution in [-0.4, -0.2) is 78.6 Å². The van der Waals surface area contributed by atoms with Gasteiger partial charge in [-0.25, -0.2) is 9.97 Å². The van der Waals surface area contributed by atoms with E-state index >= 15 is 0 Å². The number of nitrogens with one attached hydrogen (secondary N) is 1. The molecule has 0 bridgehead atoms. The molecular formula is C23H35N7S. The van der Waals surface area contributed by atoms with Gasteiger partial charge in [0.2, 0.25) is 0 Å². The summed E-state index contributed by atoms with van der Waals surface area (Å²) in [6.45, 7) is 10.4. The molecule has 1 N–H and O–H groups in total. The Bertz CT molecular complexity index is 821. The third-order valence-electron chi connectivity index (χ3n) is 6.31. The number of hydrogen-bond acceptors (Lipinski definition) is 6. The molecule has 2 aromatic rings. The fourth-order valence-corrected chi connectivity index (χ4v) is 5.15. The number of guanidine groups is 1. The normalized spacial score (nSPS) is 19.1. The van der Waals surface area contributed by atoms with Crippen LogP contribution in [0.3, 0.4) is 0 Å². The first-order valence-electron chi connectivity index (χ1n) is 11.5. The number of nitrogens with zero attached hydrogens (tertiary/aromatic N) is 6. The molecule has 0 amide bonds. The smallest absolute Gasteiger partial charge is 0.193 e. The van der Waals surface area contributed by atoms with Crippen molar-refractivity contribution >= 4 is 23.1 Å². The van der Waals surface area contributed by atoms with Gasteiger partial charge in [-0.15, -0.1) is 11.3 Å². The van der Waals surface area contributed by atoms with E-state index in [-0.39, 0.29) is 0 Å². The summed E-state index contributed by atoms with van der Waals surface area (Å²) in [7, 11) is 1.90. The van der Waals surface area contributed by atoms with E-state index in [9.17, 15) is 0 Å². The third kappa shape index (κ3) is 5.95. The molecule has 0 unspecified atom stereocenters. The first-order valence-corrected chi connectivity index (χ1v) is 12.4. The van der Waals surface area contributed by atoms with Crippen LogP contribution in [0.1, 0.15) is 30.5 Å². The summed E-state index contributed by atoms with van der Waals surface area (Å²) in [5.74, 6) is 2.82. The van der Waals surface area contributed by atoms with E-state index in [1.54, 1.807) is 11.3 Å². The Morgan fingerprint density at radius 2 is 1.97 bits per heavy atom. The molecule has 0 spiro atoms. The van der Waals surface area contributed by atoms with Crippen molar-refractivity contribution in [3.05, 3.63) is 40.5 Å². The highest BCUT2D eigenvalue weighted by Gasteiger charge is 2.23. The van der Waals surface area contributed by atoms with Crippen molar-refractivity contribution in [2.45, 2.75) is 32.7 Å². The van der Waals surface area contributed by atoms with Crippen LogP contribution < -0.4 is 10.2 Å². The van der Waals surface area contributed by atoms with E-state index in [0.717, 1.165) is 70.6 Å². The first kappa shape index (κ1) is 22.0. The quantitative estimate of drug-likeness (QED) is 0.549. The van der Waals surface area contributed by atoms with E-state index in [0.29, 0.717) is 5.92 Å². The number of pyridine rings is 1. The second kappa shape index (κ2) is 10.9. The Morgan fingerprint density at radius 3 is 2.61 bits per heavy atom. The number of rotatable bonds is 6. The highest BCUT2D eigenvalue weighted by atomic mass is 32.1. The Balaban J connectivity index is 1.18. The van der Waals surface area contributed by atoms with Gasteiger partial charge in [0.05, 0.1) is 10.7 Å². The molecule has 4 rings (SSSR count). The van der Waals surface area contributed by atoms with Crippen molar-refractivity contribution in [3.8, 4) is 0 Å². The van der Waals surface area contributed by atoms with Gasteiger partial charge in [0.25, 0.3) is 0 Å². The fraction of sp³-hybridized carbons (Fsp3) is 0.609. The predicted molar refractivity (Wildman–Crippen MR) is 129 cm³/mol. The van der Waals surface area contributed by atoms with Crippen LogP contribution in [0.15, 0.2) is 34.8 Å². The molecule has 2 fully saturated rings. The first-order chi connectivity index (χ1) is 15.2. The van der Waals surface area contributed by atoms with Crippen LogP contribution in [0, 0.1) is 5.92 Å². The van der Waals surface area contributed by atoms with E-state index < -0.39 is 0 Å². The Labute approximate surface area is 190 Å². The maximum absolute atomic E-state index is 4.72. The summed E-state index contributed by atoms with van der Waals surface area (Å²) in [5.41, 5.74) is 1.24.